The van der Waals surface area contributed by atoms with Crippen LogP contribution in [0.25, 0.3) is 0 Å². The lowest BCUT2D eigenvalue weighted by atomic mass is 9.75. The maximum Gasteiger partial charge on any atom is 0.150 e. The van der Waals surface area contributed by atoms with Crippen LogP contribution in [0.1, 0.15) is 64.7 Å². The normalized spacial score (nSPS) is 14.7. The molecule has 0 spiro atoms. The monoisotopic (exact) mass is 371 g/mol. The van der Waals surface area contributed by atoms with E-state index in [2.05, 4.69) is 25.9 Å². The fourth-order valence-corrected chi connectivity index (χ4v) is 4.22. The second-order valence-electron chi connectivity index (χ2n) is 8.99. The number of hydrogen-bond acceptors (Lipinski definition) is 4. The lowest BCUT2D eigenvalue weighted by molar-refractivity contribution is 0.332. The number of hydrogen-bond donors (Lipinski definition) is 2. The van der Waals surface area contributed by atoms with Gasteiger partial charge in [-0.2, -0.15) is 12.6 Å². The summed E-state index contributed by atoms with van der Waals surface area (Å²) < 4.78 is -0.451. The Bertz CT molecular complexity index is 790. The van der Waals surface area contributed by atoms with Crippen molar-refractivity contribution < 1.29 is 5.11 Å². The molecule has 1 unspecified atom stereocenters. The molecule has 2 aromatic carbocycles. The van der Waals surface area contributed by atoms with E-state index in [0.717, 1.165) is 17.5 Å². The van der Waals surface area contributed by atoms with E-state index in [1.54, 1.807) is 6.07 Å². The molecule has 0 saturated carbocycles. The molecule has 0 heterocycles. The SMILES string of the molecule is CC(C)(C)CC(C)(S)c1cc(N=O)c(O)c(C(C)(C)c2ccccc2)c1. The molecule has 140 valence electrons. The van der Waals surface area contributed by atoms with Crippen molar-refractivity contribution >= 4 is 18.3 Å². The summed E-state index contributed by atoms with van der Waals surface area (Å²) in [5, 5.41) is 13.8. The first-order valence-corrected chi connectivity index (χ1v) is 9.32. The Morgan fingerprint density at radius 2 is 1.54 bits per heavy atom. The van der Waals surface area contributed by atoms with Crippen LogP contribution >= 0.6 is 12.6 Å². The highest BCUT2D eigenvalue weighted by Gasteiger charge is 2.33. The van der Waals surface area contributed by atoms with Crippen molar-refractivity contribution in [1.82, 2.24) is 0 Å². The predicted molar refractivity (Wildman–Crippen MR) is 113 cm³/mol. The number of phenolic OH excluding ortho intramolecular Hbond substituents is 1. The topological polar surface area (TPSA) is 49.7 Å². The third kappa shape index (κ3) is 4.29. The van der Waals surface area contributed by atoms with Crippen LogP contribution in [0.15, 0.2) is 47.6 Å². The van der Waals surface area contributed by atoms with E-state index in [1.807, 2.05) is 57.2 Å². The number of rotatable bonds is 5. The van der Waals surface area contributed by atoms with Gasteiger partial charge in [-0.25, -0.2) is 0 Å². The van der Waals surface area contributed by atoms with Gasteiger partial charge in [-0.05, 0) is 47.2 Å². The van der Waals surface area contributed by atoms with Crippen molar-refractivity contribution in [2.75, 3.05) is 0 Å². The lowest BCUT2D eigenvalue weighted by Crippen LogP contribution is -2.24. The Labute approximate surface area is 162 Å². The van der Waals surface area contributed by atoms with Crippen LogP contribution in [0.5, 0.6) is 5.75 Å². The van der Waals surface area contributed by atoms with Crippen molar-refractivity contribution in [3.05, 3.63) is 64.1 Å². The summed E-state index contributed by atoms with van der Waals surface area (Å²) in [6.45, 7) is 12.6. The first kappa shape index (κ1) is 20.5. The van der Waals surface area contributed by atoms with Gasteiger partial charge < -0.3 is 5.11 Å². The minimum Gasteiger partial charge on any atom is -0.505 e. The Morgan fingerprint density at radius 3 is 2.04 bits per heavy atom. The van der Waals surface area contributed by atoms with Crippen LogP contribution in [0.3, 0.4) is 0 Å². The lowest BCUT2D eigenvalue weighted by Gasteiger charge is -2.34. The smallest absolute Gasteiger partial charge is 0.150 e. The molecule has 26 heavy (non-hydrogen) atoms. The van der Waals surface area contributed by atoms with Gasteiger partial charge in [-0.3, -0.25) is 0 Å². The third-order valence-corrected chi connectivity index (χ3v) is 5.27. The summed E-state index contributed by atoms with van der Waals surface area (Å²) in [7, 11) is 0. The van der Waals surface area contributed by atoms with Gasteiger partial charge in [0.2, 0.25) is 0 Å². The van der Waals surface area contributed by atoms with Crippen LogP contribution in [0.4, 0.5) is 5.69 Å². The molecule has 0 fully saturated rings. The summed E-state index contributed by atoms with van der Waals surface area (Å²) in [6, 6.07) is 13.6. The van der Waals surface area contributed by atoms with Crippen LogP contribution in [-0.4, -0.2) is 5.11 Å². The molecule has 0 radical (unpaired) electrons. The molecule has 0 saturated heterocycles. The number of benzene rings is 2. The van der Waals surface area contributed by atoms with Gasteiger partial charge in [-0.1, -0.05) is 65.0 Å². The Hall–Kier alpha value is -1.81. The minimum atomic E-state index is -0.480. The number of nitroso groups, excluding NO2 is 1. The van der Waals surface area contributed by atoms with E-state index in [1.165, 1.54) is 0 Å². The number of aromatic hydroxyl groups is 1. The van der Waals surface area contributed by atoms with E-state index in [9.17, 15) is 10.0 Å². The standard InChI is InChI=1S/C22H29NO2S/c1-20(2,3)14-22(6,26)16-12-17(19(24)18(13-16)23-25)21(4,5)15-10-8-7-9-11-15/h7-13,24,26H,14H2,1-6H3. The summed E-state index contributed by atoms with van der Waals surface area (Å²) >= 11 is 4.90. The Kier molecular flexibility index (Phi) is 5.57. The Balaban J connectivity index is 2.66. The van der Waals surface area contributed by atoms with Crippen molar-refractivity contribution in [3.63, 3.8) is 0 Å². The highest BCUT2D eigenvalue weighted by atomic mass is 32.1. The molecule has 0 aromatic heterocycles. The summed E-state index contributed by atoms with van der Waals surface area (Å²) in [5.41, 5.74) is 2.29. The molecular formula is C22H29NO2S. The van der Waals surface area contributed by atoms with Crippen LogP contribution in [0.2, 0.25) is 0 Å². The second kappa shape index (κ2) is 7.07. The largest absolute Gasteiger partial charge is 0.505 e. The van der Waals surface area contributed by atoms with Gasteiger partial charge >= 0.3 is 0 Å². The molecular weight excluding hydrogens is 342 g/mol. The average Bonchev–Trinajstić information content (AvgIpc) is 2.53. The average molecular weight is 372 g/mol. The summed E-state index contributed by atoms with van der Waals surface area (Å²) in [5.74, 6) is -0.0579. The van der Waals surface area contributed by atoms with Gasteiger partial charge in [0.05, 0.1) is 0 Å². The number of nitrogens with zero attached hydrogens (tertiary/aromatic N) is 1. The van der Waals surface area contributed by atoms with E-state index in [4.69, 9.17) is 12.6 Å². The molecule has 0 bridgehead atoms. The minimum absolute atomic E-state index is 0.0579. The van der Waals surface area contributed by atoms with Crippen molar-refractivity contribution in [2.24, 2.45) is 10.6 Å². The fourth-order valence-electron chi connectivity index (χ4n) is 3.62. The zero-order valence-electron chi connectivity index (χ0n) is 16.5. The predicted octanol–water partition coefficient (Wildman–Crippen LogP) is 6.70. The van der Waals surface area contributed by atoms with Crippen LogP contribution in [0, 0.1) is 10.3 Å². The molecule has 0 aliphatic heterocycles. The van der Waals surface area contributed by atoms with E-state index in [-0.39, 0.29) is 16.9 Å². The van der Waals surface area contributed by atoms with Gasteiger partial charge in [0.1, 0.15) is 11.4 Å². The van der Waals surface area contributed by atoms with Gasteiger partial charge in [0.25, 0.3) is 0 Å². The fraction of sp³-hybridized carbons (Fsp3) is 0.455. The zero-order valence-corrected chi connectivity index (χ0v) is 17.4. The number of phenols is 1. The van der Waals surface area contributed by atoms with Crippen molar-refractivity contribution in [3.8, 4) is 5.75 Å². The van der Waals surface area contributed by atoms with Crippen molar-refractivity contribution in [2.45, 2.75) is 58.1 Å². The van der Waals surface area contributed by atoms with Crippen LogP contribution in [-0.2, 0) is 10.2 Å². The molecule has 1 atom stereocenters. The summed E-state index contributed by atoms with van der Waals surface area (Å²) in [6.07, 6.45) is 0.817. The molecule has 2 rings (SSSR count). The highest BCUT2D eigenvalue weighted by molar-refractivity contribution is 7.81. The number of thiol groups is 1. The summed E-state index contributed by atoms with van der Waals surface area (Å²) in [4.78, 5) is 11.4. The quantitative estimate of drug-likeness (QED) is 0.454. The second-order valence-corrected chi connectivity index (χ2v) is 9.97. The van der Waals surface area contributed by atoms with Gasteiger partial charge in [0.15, 0.2) is 0 Å². The van der Waals surface area contributed by atoms with E-state index >= 15 is 0 Å². The maximum atomic E-state index is 11.4. The van der Waals surface area contributed by atoms with Gasteiger partial charge in [0, 0.05) is 15.7 Å². The Morgan fingerprint density at radius 1 is 0.962 bits per heavy atom. The van der Waals surface area contributed by atoms with Gasteiger partial charge in [-0.15, -0.1) is 4.91 Å². The molecule has 0 aliphatic carbocycles. The first-order valence-electron chi connectivity index (χ1n) is 8.88. The molecule has 0 aliphatic rings. The van der Waals surface area contributed by atoms with Crippen molar-refractivity contribution in [1.29, 1.82) is 0 Å². The maximum absolute atomic E-state index is 11.4. The third-order valence-electron chi connectivity index (χ3n) is 4.85. The first-order chi connectivity index (χ1) is 11.9. The van der Waals surface area contributed by atoms with E-state index in [0.29, 0.717) is 5.56 Å². The van der Waals surface area contributed by atoms with Crippen LogP contribution < -0.4 is 0 Å². The zero-order chi connectivity index (χ0) is 19.8. The molecule has 4 heteroatoms. The van der Waals surface area contributed by atoms with E-state index < -0.39 is 10.2 Å². The molecule has 0 amide bonds. The highest BCUT2D eigenvalue weighted by Crippen LogP contribution is 2.47. The molecule has 2 aromatic rings. The molecule has 1 N–H and O–H groups in total. The molecule has 3 nitrogen and oxygen atoms in total.